The number of hydrogen-bond acceptors (Lipinski definition) is 9. The molecule has 0 saturated heterocycles. The van der Waals surface area contributed by atoms with Crippen molar-refractivity contribution in [2.24, 2.45) is 0 Å². The van der Waals surface area contributed by atoms with Crippen LogP contribution in [0.1, 0.15) is 0 Å². The molecule has 0 amide bonds. The van der Waals surface area contributed by atoms with Crippen LogP contribution in [-0.4, -0.2) is 36.5 Å². The molecule has 3 aromatic heterocycles. The van der Waals surface area contributed by atoms with Gasteiger partial charge in [0.25, 0.3) is 0 Å². The molecule has 5 aromatic rings. The van der Waals surface area contributed by atoms with Gasteiger partial charge >= 0.3 is 5.69 Å². The molecule has 10 nitrogen and oxygen atoms in total. The molecule has 0 bridgehead atoms. The lowest BCUT2D eigenvalue weighted by molar-refractivity contribution is -0.384. The number of rotatable bonds is 5. The molecule has 0 aliphatic heterocycles. The first-order chi connectivity index (χ1) is 14.6. The van der Waals surface area contributed by atoms with E-state index >= 15 is 0 Å². The number of anilines is 2. The van der Waals surface area contributed by atoms with Gasteiger partial charge in [-0.05, 0) is 30.3 Å². The number of nitro groups is 1. The topological polar surface area (TPSA) is 121 Å². The highest BCUT2D eigenvalue weighted by Crippen LogP contribution is 2.35. The van der Waals surface area contributed by atoms with Gasteiger partial charge in [-0.2, -0.15) is 0 Å². The summed E-state index contributed by atoms with van der Waals surface area (Å²) in [5.74, 6) is 0.878. The number of nitrogens with zero attached hydrogens (tertiary/aromatic N) is 6. The van der Waals surface area contributed by atoms with Crippen molar-refractivity contribution in [1.82, 2.24) is 24.5 Å². The zero-order valence-electron chi connectivity index (χ0n) is 15.5. The zero-order chi connectivity index (χ0) is 20.7. The predicted molar refractivity (Wildman–Crippen MR) is 113 cm³/mol. The van der Waals surface area contributed by atoms with Gasteiger partial charge in [0, 0.05) is 0 Å². The highest BCUT2D eigenvalue weighted by Gasteiger charge is 2.26. The number of methoxy groups -OCH3 is 1. The minimum Gasteiger partial charge on any atom is -0.497 e. The van der Waals surface area contributed by atoms with Crippen LogP contribution in [0.3, 0.4) is 0 Å². The van der Waals surface area contributed by atoms with Crippen molar-refractivity contribution in [3.05, 3.63) is 65.2 Å². The maximum Gasteiger partial charge on any atom is 0.354 e. The first-order valence-electron chi connectivity index (χ1n) is 8.77. The maximum atomic E-state index is 11.9. The van der Waals surface area contributed by atoms with Gasteiger partial charge in [0.15, 0.2) is 5.13 Å². The minimum atomic E-state index is -0.511. The predicted octanol–water partition coefficient (Wildman–Crippen LogP) is 4.09. The van der Waals surface area contributed by atoms with E-state index < -0.39 is 4.92 Å². The summed E-state index contributed by atoms with van der Waals surface area (Å²) in [7, 11) is 1.59. The molecule has 30 heavy (non-hydrogen) atoms. The van der Waals surface area contributed by atoms with E-state index in [1.54, 1.807) is 17.7 Å². The number of aromatic nitrogens is 5. The summed E-state index contributed by atoms with van der Waals surface area (Å²) in [4.78, 5) is 28.4. The van der Waals surface area contributed by atoms with Crippen molar-refractivity contribution in [3.8, 4) is 11.6 Å². The van der Waals surface area contributed by atoms with Crippen molar-refractivity contribution < 1.29 is 9.66 Å². The van der Waals surface area contributed by atoms with Crippen LogP contribution in [0, 0.1) is 10.1 Å². The van der Waals surface area contributed by atoms with Crippen LogP contribution >= 0.6 is 11.3 Å². The molecule has 0 unspecified atom stereocenters. The van der Waals surface area contributed by atoms with Crippen molar-refractivity contribution >= 4 is 49.2 Å². The highest BCUT2D eigenvalue weighted by molar-refractivity contribution is 7.22. The van der Waals surface area contributed by atoms with Gasteiger partial charge in [-0.1, -0.05) is 23.5 Å². The SMILES string of the molecule is COc1ccc2nc(Nc3ncnc(-n4cnc5ccccc54)c3[N+](=O)[O-])sc2c1. The molecule has 0 radical (unpaired) electrons. The molecule has 3 heterocycles. The second kappa shape index (κ2) is 7.04. The highest BCUT2D eigenvalue weighted by atomic mass is 32.1. The van der Waals surface area contributed by atoms with Crippen molar-refractivity contribution in [1.29, 1.82) is 0 Å². The Morgan fingerprint density at radius 2 is 2.00 bits per heavy atom. The average Bonchev–Trinajstić information content (AvgIpc) is 3.36. The van der Waals surface area contributed by atoms with Crippen LogP contribution in [0.4, 0.5) is 16.6 Å². The third-order valence-corrected chi connectivity index (χ3v) is 5.42. The minimum absolute atomic E-state index is 0.0498. The second-order valence-electron chi connectivity index (χ2n) is 6.23. The fourth-order valence-electron chi connectivity index (χ4n) is 3.12. The Kier molecular flexibility index (Phi) is 4.21. The van der Waals surface area contributed by atoms with Crippen LogP contribution in [0.25, 0.3) is 27.1 Å². The molecule has 0 aliphatic rings. The number of hydrogen-bond donors (Lipinski definition) is 1. The van der Waals surface area contributed by atoms with Crippen LogP contribution in [0.2, 0.25) is 0 Å². The van der Waals surface area contributed by atoms with Gasteiger partial charge in [-0.25, -0.2) is 19.9 Å². The summed E-state index contributed by atoms with van der Waals surface area (Å²) in [5, 5.41) is 15.4. The largest absolute Gasteiger partial charge is 0.497 e. The third kappa shape index (κ3) is 2.97. The van der Waals surface area contributed by atoms with Crippen LogP contribution in [-0.2, 0) is 0 Å². The molecule has 0 spiro atoms. The molecular weight excluding hydrogens is 406 g/mol. The van der Waals surface area contributed by atoms with Gasteiger partial charge in [0.1, 0.15) is 18.4 Å². The lowest BCUT2D eigenvalue weighted by Crippen LogP contribution is -2.07. The Morgan fingerprint density at radius 1 is 1.13 bits per heavy atom. The molecule has 11 heteroatoms. The molecule has 0 saturated carbocycles. The first-order valence-corrected chi connectivity index (χ1v) is 9.59. The number of ether oxygens (including phenoxy) is 1. The number of para-hydroxylation sites is 2. The van der Waals surface area contributed by atoms with Crippen molar-refractivity contribution in [3.63, 3.8) is 0 Å². The van der Waals surface area contributed by atoms with Crippen LogP contribution in [0.15, 0.2) is 55.1 Å². The summed E-state index contributed by atoms with van der Waals surface area (Å²) in [5.41, 5.74) is 1.90. The van der Waals surface area contributed by atoms with Gasteiger partial charge in [0.2, 0.25) is 11.6 Å². The summed E-state index contributed by atoms with van der Waals surface area (Å²) in [6.07, 6.45) is 2.78. The van der Waals surface area contributed by atoms with E-state index in [1.165, 1.54) is 24.0 Å². The molecule has 148 valence electrons. The fourth-order valence-corrected chi connectivity index (χ4v) is 4.01. The number of thiazole rings is 1. The van der Waals surface area contributed by atoms with Crippen LogP contribution < -0.4 is 10.1 Å². The molecule has 2 aromatic carbocycles. The molecular formula is C19H13N7O3S. The van der Waals surface area contributed by atoms with E-state index in [0.29, 0.717) is 21.9 Å². The molecule has 5 rings (SSSR count). The standard InChI is InChI=1S/C19H13N7O3S/c1-29-11-6-7-13-15(8-11)30-19(23-13)24-17-16(26(27)28)18(21-9-20-17)25-10-22-12-4-2-3-5-14(12)25/h2-10H,1H3,(H,20,21,23,24). The van der Waals surface area contributed by atoms with Crippen molar-refractivity contribution in [2.75, 3.05) is 12.4 Å². The van der Waals surface area contributed by atoms with Gasteiger partial charge in [-0.15, -0.1) is 0 Å². The van der Waals surface area contributed by atoms with Gasteiger partial charge < -0.3 is 10.1 Å². The quantitative estimate of drug-likeness (QED) is 0.334. The Labute approximate surface area is 173 Å². The lowest BCUT2D eigenvalue weighted by atomic mass is 10.3. The van der Waals surface area contributed by atoms with E-state index in [-0.39, 0.29) is 17.3 Å². The Bertz CT molecular complexity index is 1410. The summed E-state index contributed by atoms with van der Waals surface area (Å²) < 4.78 is 7.69. The Hall–Kier alpha value is -4.12. The fraction of sp³-hybridized carbons (Fsp3) is 0.0526. The normalized spacial score (nSPS) is 11.1. The molecule has 0 atom stereocenters. The maximum absolute atomic E-state index is 11.9. The summed E-state index contributed by atoms with van der Waals surface area (Å²) >= 11 is 1.34. The van der Waals surface area contributed by atoms with E-state index in [2.05, 4.69) is 25.3 Å². The number of nitrogens with one attached hydrogen (secondary N) is 1. The Morgan fingerprint density at radius 3 is 2.83 bits per heavy atom. The van der Waals surface area contributed by atoms with Gasteiger partial charge in [-0.3, -0.25) is 14.7 Å². The van der Waals surface area contributed by atoms with Crippen LogP contribution in [0.5, 0.6) is 5.75 Å². The summed E-state index contributed by atoms with van der Waals surface area (Å²) in [6, 6.07) is 12.8. The van der Waals surface area contributed by atoms with Crippen molar-refractivity contribution in [2.45, 2.75) is 0 Å². The van der Waals surface area contributed by atoms with Gasteiger partial charge in [0.05, 0.1) is 33.3 Å². The Balaban J connectivity index is 1.61. The third-order valence-electron chi connectivity index (χ3n) is 4.49. The molecule has 0 fully saturated rings. The van der Waals surface area contributed by atoms with E-state index in [9.17, 15) is 10.1 Å². The lowest BCUT2D eigenvalue weighted by Gasteiger charge is -2.08. The average molecular weight is 419 g/mol. The number of fused-ring (bicyclic) bond motifs is 2. The van der Waals surface area contributed by atoms with E-state index in [0.717, 1.165) is 10.2 Å². The monoisotopic (exact) mass is 419 g/mol. The summed E-state index contributed by atoms with van der Waals surface area (Å²) in [6.45, 7) is 0. The second-order valence-corrected chi connectivity index (χ2v) is 7.26. The molecule has 0 aliphatic carbocycles. The number of imidazole rings is 1. The smallest absolute Gasteiger partial charge is 0.354 e. The first kappa shape index (κ1) is 17.9. The molecule has 1 N–H and O–H groups in total. The zero-order valence-corrected chi connectivity index (χ0v) is 16.3. The number of benzene rings is 2. The van der Waals surface area contributed by atoms with E-state index in [1.807, 2.05) is 36.4 Å². The van der Waals surface area contributed by atoms with E-state index in [4.69, 9.17) is 4.74 Å².